The molecule has 4 nitrogen and oxygen atoms in total. The van der Waals surface area contributed by atoms with Gasteiger partial charge < -0.3 is 9.84 Å². The van der Waals surface area contributed by atoms with Gasteiger partial charge in [0, 0.05) is 11.1 Å². The van der Waals surface area contributed by atoms with Gasteiger partial charge in [-0.2, -0.15) is 0 Å². The third-order valence-corrected chi connectivity index (χ3v) is 2.52. The van der Waals surface area contributed by atoms with E-state index in [0.717, 1.165) is 0 Å². The Kier molecular flexibility index (Phi) is 4.04. The lowest BCUT2D eigenvalue weighted by Gasteiger charge is -2.13. The van der Waals surface area contributed by atoms with Crippen LogP contribution in [0.3, 0.4) is 0 Å². The van der Waals surface area contributed by atoms with Gasteiger partial charge in [0.25, 0.3) is 0 Å². The summed E-state index contributed by atoms with van der Waals surface area (Å²) in [4.78, 5) is 21.4. The topological polar surface area (TPSA) is 63.6 Å². The molecule has 0 heterocycles. The Morgan fingerprint density at radius 3 is 2.53 bits per heavy atom. The number of allylic oxidation sites excluding steroid dienone is 1. The van der Waals surface area contributed by atoms with Crippen molar-refractivity contribution < 1.29 is 19.4 Å². The fraction of sp³-hybridized carbons (Fsp3) is 0.231. The number of carbonyl (C=O) groups excluding carboxylic acids is 1. The van der Waals surface area contributed by atoms with Gasteiger partial charge >= 0.3 is 5.97 Å². The van der Waals surface area contributed by atoms with Crippen LogP contribution in [0.1, 0.15) is 27.0 Å². The molecule has 0 bridgehead atoms. The molecule has 0 aromatic heterocycles. The molecular formula is C13H14O4. The van der Waals surface area contributed by atoms with E-state index in [0.29, 0.717) is 28.7 Å². The summed E-state index contributed by atoms with van der Waals surface area (Å²) in [6, 6.07) is 1.69. The highest BCUT2D eigenvalue weighted by molar-refractivity contribution is 5.93. The summed E-state index contributed by atoms with van der Waals surface area (Å²) in [5.41, 5.74) is 2.14. The zero-order valence-corrected chi connectivity index (χ0v) is 9.98. The van der Waals surface area contributed by atoms with Crippen LogP contribution in [0, 0.1) is 13.8 Å². The molecule has 1 N–H and O–H groups in total. The van der Waals surface area contributed by atoms with Gasteiger partial charge in [0.15, 0.2) is 0 Å². The number of hydrogen-bond donors (Lipinski definition) is 1. The van der Waals surface area contributed by atoms with Gasteiger partial charge in [-0.25, -0.2) is 4.79 Å². The number of hydrogen-bond acceptors (Lipinski definition) is 3. The Morgan fingerprint density at radius 2 is 2.06 bits per heavy atom. The molecule has 0 saturated carbocycles. The first-order valence-electron chi connectivity index (χ1n) is 5.06. The molecule has 0 fully saturated rings. The van der Waals surface area contributed by atoms with Crippen molar-refractivity contribution in [1.29, 1.82) is 0 Å². The first-order valence-corrected chi connectivity index (χ1v) is 5.06. The van der Waals surface area contributed by atoms with E-state index >= 15 is 0 Å². The Morgan fingerprint density at radius 1 is 1.41 bits per heavy atom. The minimum Gasteiger partial charge on any atom is -0.496 e. The maximum Gasteiger partial charge on any atom is 0.336 e. The smallest absolute Gasteiger partial charge is 0.336 e. The SMILES string of the molecule is COc1c(C=CC=O)cc(C)c(C(=O)O)c1C. The Hall–Kier alpha value is -2.10. The van der Waals surface area contributed by atoms with Crippen molar-refractivity contribution in [1.82, 2.24) is 0 Å². The molecule has 0 spiro atoms. The largest absolute Gasteiger partial charge is 0.496 e. The van der Waals surface area contributed by atoms with Crippen LogP contribution in [0.15, 0.2) is 12.1 Å². The molecule has 0 aliphatic carbocycles. The predicted octanol–water partition coefficient (Wildman–Crippen LogP) is 2.22. The summed E-state index contributed by atoms with van der Waals surface area (Å²) < 4.78 is 5.19. The number of ether oxygens (including phenoxy) is 1. The quantitative estimate of drug-likeness (QED) is 0.641. The second kappa shape index (κ2) is 5.30. The number of carbonyl (C=O) groups is 2. The van der Waals surface area contributed by atoms with Crippen LogP contribution >= 0.6 is 0 Å². The first-order chi connectivity index (χ1) is 8.02. The second-order valence-electron chi connectivity index (χ2n) is 3.62. The monoisotopic (exact) mass is 234 g/mol. The molecule has 1 aromatic rings. The van der Waals surface area contributed by atoms with Crippen LogP contribution in [0.2, 0.25) is 0 Å². The average molecular weight is 234 g/mol. The molecule has 90 valence electrons. The maximum absolute atomic E-state index is 11.1. The fourth-order valence-corrected chi connectivity index (χ4v) is 1.86. The normalized spacial score (nSPS) is 10.5. The summed E-state index contributed by atoms with van der Waals surface area (Å²) >= 11 is 0. The van der Waals surface area contributed by atoms with E-state index < -0.39 is 5.97 Å². The average Bonchev–Trinajstić information content (AvgIpc) is 2.25. The number of aryl methyl sites for hydroxylation is 1. The van der Waals surface area contributed by atoms with Crippen molar-refractivity contribution >= 4 is 18.3 Å². The molecule has 4 heteroatoms. The van der Waals surface area contributed by atoms with Crippen molar-refractivity contribution in [3.05, 3.63) is 34.4 Å². The standard InChI is InChI=1S/C13H14O4/c1-8-7-10(5-4-6-14)12(17-3)9(2)11(8)13(15)16/h4-7H,1-3H3,(H,15,16). The Bertz CT molecular complexity index is 487. The van der Waals surface area contributed by atoms with Crippen molar-refractivity contribution in [3.63, 3.8) is 0 Å². The van der Waals surface area contributed by atoms with Crippen molar-refractivity contribution in [3.8, 4) is 5.75 Å². The van der Waals surface area contributed by atoms with Gasteiger partial charge in [-0.3, -0.25) is 4.79 Å². The van der Waals surface area contributed by atoms with E-state index in [-0.39, 0.29) is 5.56 Å². The van der Waals surface area contributed by atoms with Crippen LogP contribution in [0.4, 0.5) is 0 Å². The van der Waals surface area contributed by atoms with E-state index in [2.05, 4.69) is 0 Å². The lowest BCUT2D eigenvalue weighted by atomic mass is 9.97. The highest BCUT2D eigenvalue weighted by Crippen LogP contribution is 2.30. The number of carboxylic acids is 1. The maximum atomic E-state index is 11.1. The zero-order valence-electron chi connectivity index (χ0n) is 9.98. The van der Waals surface area contributed by atoms with E-state index in [4.69, 9.17) is 9.84 Å². The summed E-state index contributed by atoms with van der Waals surface area (Å²) in [7, 11) is 1.47. The highest BCUT2D eigenvalue weighted by Gasteiger charge is 2.17. The number of benzene rings is 1. The molecule has 0 aliphatic rings. The summed E-state index contributed by atoms with van der Waals surface area (Å²) in [5, 5.41) is 9.10. The van der Waals surface area contributed by atoms with Gasteiger partial charge in [0.05, 0.1) is 12.7 Å². The van der Waals surface area contributed by atoms with Gasteiger partial charge in [0.1, 0.15) is 12.0 Å². The van der Waals surface area contributed by atoms with Crippen molar-refractivity contribution in [2.75, 3.05) is 7.11 Å². The summed E-state index contributed by atoms with van der Waals surface area (Å²) in [5.74, 6) is -0.504. The van der Waals surface area contributed by atoms with Crippen molar-refractivity contribution in [2.24, 2.45) is 0 Å². The third-order valence-electron chi connectivity index (χ3n) is 2.52. The van der Waals surface area contributed by atoms with E-state index in [1.807, 2.05) is 0 Å². The van der Waals surface area contributed by atoms with Crippen LogP contribution in [0.25, 0.3) is 6.08 Å². The van der Waals surface area contributed by atoms with E-state index in [1.54, 1.807) is 26.0 Å². The molecule has 0 aliphatic heterocycles. The Balaban J connectivity index is 3.51. The van der Waals surface area contributed by atoms with Crippen LogP contribution in [-0.4, -0.2) is 24.5 Å². The first kappa shape index (κ1) is 13.0. The number of carboxylic acid groups (broad SMARTS) is 1. The summed E-state index contributed by atoms with van der Waals surface area (Å²) in [6.07, 6.45) is 3.60. The molecule has 1 aromatic carbocycles. The molecule has 0 radical (unpaired) electrons. The Labute approximate surface area is 99.5 Å². The minimum atomic E-state index is -0.982. The molecule has 0 amide bonds. The van der Waals surface area contributed by atoms with Gasteiger partial charge in [-0.05, 0) is 37.6 Å². The third kappa shape index (κ3) is 2.53. The van der Waals surface area contributed by atoms with Gasteiger partial charge in [-0.1, -0.05) is 0 Å². The highest BCUT2D eigenvalue weighted by atomic mass is 16.5. The van der Waals surface area contributed by atoms with E-state index in [1.165, 1.54) is 13.2 Å². The number of aldehydes is 1. The minimum absolute atomic E-state index is 0.241. The molecule has 0 saturated heterocycles. The lowest BCUT2D eigenvalue weighted by molar-refractivity contribution is -0.104. The fourth-order valence-electron chi connectivity index (χ4n) is 1.86. The number of aromatic carboxylic acids is 1. The van der Waals surface area contributed by atoms with Gasteiger partial charge in [0.2, 0.25) is 0 Å². The van der Waals surface area contributed by atoms with Crippen molar-refractivity contribution in [2.45, 2.75) is 13.8 Å². The predicted molar refractivity (Wildman–Crippen MR) is 64.5 cm³/mol. The molecule has 0 atom stereocenters. The van der Waals surface area contributed by atoms with Crippen LogP contribution in [0.5, 0.6) is 5.75 Å². The van der Waals surface area contributed by atoms with E-state index in [9.17, 15) is 9.59 Å². The summed E-state index contributed by atoms with van der Waals surface area (Å²) in [6.45, 7) is 3.40. The van der Waals surface area contributed by atoms with Crippen LogP contribution in [-0.2, 0) is 4.79 Å². The molecular weight excluding hydrogens is 220 g/mol. The van der Waals surface area contributed by atoms with Gasteiger partial charge in [-0.15, -0.1) is 0 Å². The molecule has 1 rings (SSSR count). The number of rotatable bonds is 4. The second-order valence-corrected chi connectivity index (χ2v) is 3.62. The van der Waals surface area contributed by atoms with Crippen LogP contribution < -0.4 is 4.74 Å². The molecule has 17 heavy (non-hydrogen) atoms. The molecule has 0 unspecified atom stereocenters. The number of methoxy groups -OCH3 is 1. The lowest BCUT2D eigenvalue weighted by Crippen LogP contribution is -2.06. The zero-order chi connectivity index (χ0) is 13.0.